The van der Waals surface area contributed by atoms with Crippen LogP contribution >= 0.6 is 0 Å². The van der Waals surface area contributed by atoms with Crippen LogP contribution in [0.1, 0.15) is 36.1 Å². The molecule has 1 aliphatic rings. The molecule has 1 aromatic rings. The number of rotatable bonds is 4. The van der Waals surface area contributed by atoms with Crippen molar-refractivity contribution in [1.82, 2.24) is 10.2 Å². The van der Waals surface area contributed by atoms with Gasteiger partial charge in [0.25, 0.3) is 0 Å². The van der Waals surface area contributed by atoms with Crippen molar-refractivity contribution < 1.29 is 0 Å². The maximum atomic E-state index is 4.11. The lowest BCUT2D eigenvalue weighted by molar-refractivity contribution is 0.172. The second-order valence-electron chi connectivity index (χ2n) is 5.81. The molecule has 2 heteroatoms. The molecule has 0 spiro atoms. The molecule has 0 bridgehead atoms. The van der Waals surface area contributed by atoms with Gasteiger partial charge in [-0.3, -0.25) is 4.90 Å². The first kappa shape index (κ1) is 14.3. The van der Waals surface area contributed by atoms with E-state index in [4.69, 9.17) is 0 Å². The molecule has 2 rings (SSSR count). The Hall–Kier alpha value is -1.12. The Balaban J connectivity index is 2.24. The second-order valence-corrected chi connectivity index (χ2v) is 5.81. The van der Waals surface area contributed by atoms with E-state index in [2.05, 4.69) is 55.8 Å². The Kier molecular flexibility index (Phi) is 4.78. The van der Waals surface area contributed by atoms with Gasteiger partial charge in [0.2, 0.25) is 0 Å². The standard InChI is InChI=1S/C17H26N2/c1-13(2)11-17(19-9-7-18-8-10-19)16-6-5-14(3)15(4)12-16/h5-6,12,17-18H,1,7-11H2,2-4H3/t17-/m0/s1. The zero-order chi connectivity index (χ0) is 13.8. The molecule has 1 atom stereocenters. The van der Waals surface area contributed by atoms with Crippen LogP contribution < -0.4 is 5.32 Å². The van der Waals surface area contributed by atoms with E-state index in [-0.39, 0.29) is 0 Å². The van der Waals surface area contributed by atoms with Crippen LogP contribution in [-0.2, 0) is 0 Å². The van der Waals surface area contributed by atoms with E-state index in [9.17, 15) is 0 Å². The van der Waals surface area contributed by atoms with E-state index in [0.717, 1.165) is 32.6 Å². The largest absolute Gasteiger partial charge is 0.314 e. The Morgan fingerprint density at radius 2 is 1.95 bits per heavy atom. The molecule has 1 aromatic carbocycles. The fourth-order valence-electron chi connectivity index (χ4n) is 2.75. The topological polar surface area (TPSA) is 15.3 Å². The third-order valence-electron chi connectivity index (χ3n) is 4.05. The van der Waals surface area contributed by atoms with Gasteiger partial charge < -0.3 is 5.32 Å². The van der Waals surface area contributed by atoms with E-state index in [0.29, 0.717) is 6.04 Å². The SMILES string of the molecule is C=C(C)C[C@@H](c1ccc(C)c(C)c1)N1CCNCC1. The number of benzene rings is 1. The number of hydrogen-bond acceptors (Lipinski definition) is 2. The minimum atomic E-state index is 0.485. The molecule has 0 radical (unpaired) electrons. The second kappa shape index (κ2) is 6.36. The highest BCUT2D eigenvalue weighted by Crippen LogP contribution is 2.28. The van der Waals surface area contributed by atoms with Gasteiger partial charge in [0.05, 0.1) is 0 Å². The molecule has 19 heavy (non-hydrogen) atoms. The monoisotopic (exact) mass is 258 g/mol. The number of nitrogens with zero attached hydrogens (tertiary/aromatic N) is 1. The molecule has 2 nitrogen and oxygen atoms in total. The summed E-state index contributed by atoms with van der Waals surface area (Å²) in [7, 11) is 0. The molecule has 1 heterocycles. The summed E-state index contributed by atoms with van der Waals surface area (Å²) in [6.07, 6.45) is 1.06. The number of piperazine rings is 1. The molecular weight excluding hydrogens is 232 g/mol. The van der Waals surface area contributed by atoms with Crippen LogP contribution in [0.15, 0.2) is 30.4 Å². The number of hydrogen-bond donors (Lipinski definition) is 1. The summed E-state index contributed by atoms with van der Waals surface area (Å²) in [5.41, 5.74) is 5.47. The first-order valence-electron chi connectivity index (χ1n) is 7.24. The van der Waals surface area contributed by atoms with Crippen LogP contribution in [0.3, 0.4) is 0 Å². The molecule has 1 N–H and O–H groups in total. The Bertz CT molecular complexity index is 445. The zero-order valence-electron chi connectivity index (χ0n) is 12.5. The summed E-state index contributed by atoms with van der Waals surface area (Å²) < 4.78 is 0. The Morgan fingerprint density at radius 3 is 2.53 bits per heavy atom. The van der Waals surface area contributed by atoms with Gasteiger partial charge in [-0.15, -0.1) is 6.58 Å². The van der Waals surface area contributed by atoms with Gasteiger partial charge in [-0.05, 0) is 43.9 Å². The Labute approximate surface area is 117 Å². The third-order valence-corrected chi connectivity index (χ3v) is 4.05. The maximum absolute atomic E-state index is 4.11. The summed E-state index contributed by atoms with van der Waals surface area (Å²) in [4.78, 5) is 2.59. The van der Waals surface area contributed by atoms with Crippen molar-refractivity contribution in [2.75, 3.05) is 26.2 Å². The van der Waals surface area contributed by atoms with Crippen LogP contribution in [0.4, 0.5) is 0 Å². The molecule has 0 aliphatic carbocycles. The normalized spacial score (nSPS) is 18.3. The highest BCUT2D eigenvalue weighted by Gasteiger charge is 2.22. The summed E-state index contributed by atoms with van der Waals surface area (Å²) >= 11 is 0. The van der Waals surface area contributed by atoms with Gasteiger partial charge in [0, 0.05) is 32.2 Å². The molecule has 0 saturated carbocycles. The quantitative estimate of drug-likeness (QED) is 0.834. The van der Waals surface area contributed by atoms with Crippen molar-refractivity contribution in [1.29, 1.82) is 0 Å². The number of aryl methyl sites for hydroxylation is 2. The van der Waals surface area contributed by atoms with Gasteiger partial charge in [-0.2, -0.15) is 0 Å². The van der Waals surface area contributed by atoms with Crippen molar-refractivity contribution in [3.8, 4) is 0 Å². The van der Waals surface area contributed by atoms with Gasteiger partial charge in [0.15, 0.2) is 0 Å². The van der Waals surface area contributed by atoms with E-state index >= 15 is 0 Å². The fourth-order valence-corrected chi connectivity index (χ4v) is 2.75. The van der Waals surface area contributed by atoms with Crippen molar-refractivity contribution >= 4 is 0 Å². The maximum Gasteiger partial charge on any atom is 0.0386 e. The van der Waals surface area contributed by atoms with Gasteiger partial charge in [-0.25, -0.2) is 0 Å². The van der Waals surface area contributed by atoms with Crippen molar-refractivity contribution in [2.24, 2.45) is 0 Å². The summed E-state index contributed by atoms with van der Waals surface area (Å²) in [5.74, 6) is 0. The Morgan fingerprint density at radius 1 is 1.26 bits per heavy atom. The minimum Gasteiger partial charge on any atom is -0.314 e. The summed E-state index contributed by atoms with van der Waals surface area (Å²) in [5, 5.41) is 3.43. The van der Waals surface area contributed by atoms with Gasteiger partial charge >= 0.3 is 0 Å². The zero-order valence-corrected chi connectivity index (χ0v) is 12.5. The fraction of sp³-hybridized carbons (Fsp3) is 0.529. The van der Waals surface area contributed by atoms with Crippen molar-refractivity contribution in [3.05, 3.63) is 47.0 Å². The predicted octanol–water partition coefficient (Wildman–Crippen LogP) is 3.22. The van der Waals surface area contributed by atoms with Crippen molar-refractivity contribution in [2.45, 2.75) is 33.2 Å². The molecule has 1 fully saturated rings. The highest BCUT2D eigenvalue weighted by atomic mass is 15.2. The van der Waals surface area contributed by atoms with Gasteiger partial charge in [-0.1, -0.05) is 23.8 Å². The summed E-state index contributed by atoms with van der Waals surface area (Å²) in [6, 6.07) is 7.38. The lowest BCUT2D eigenvalue weighted by Crippen LogP contribution is -2.45. The van der Waals surface area contributed by atoms with Crippen LogP contribution in [0.2, 0.25) is 0 Å². The molecule has 104 valence electrons. The van der Waals surface area contributed by atoms with Crippen LogP contribution in [-0.4, -0.2) is 31.1 Å². The van der Waals surface area contributed by atoms with Crippen LogP contribution in [0.25, 0.3) is 0 Å². The van der Waals surface area contributed by atoms with E-state index in [1.54, 1.807) is 0 Å². The van der Waals surface area contributed by atoms with Gasteiger partial charge in [0.1, 0.15) is 0 Å². The average Bonchev–Trinajstić information content (AvgIpc) is 2.40. The lowest BCUT2D eigenvalue weighted by Gasteiger charge is -2.35. The van der Waals surface area contributed by atoms with Crippen LogP contribution in [0, 0.1) is 13.8 Å². The molecule has 1 saturated heterocycles. The molecule has 1 aliphatic heterocycles. The third kappa shape index (κ3) is 3.68. The average molecular weight is 258 g/mol. The molecule has 0 amide bonds. The smallest absolute Gasteiger partial charge is 0.0386 e. The van der Waals surface area contributed by atoms with Crippen LogP contribution in [0.5, 0.6) is 0 Å². The molecular formula is C17H26N2. The molecule has 0 aromatic heterocycles. The molecule has 0 unspecified atom stereocenters. The lowest BCUT2D eigenvalue weighted by atomic mass is 9.95. The summed E-state index contributed by atoms with van der Waals surface area (Å²) in [6.45, 7) is 15.1. The van der Waals surface area contributed by atoms with E-state index < -0.39 is 0 Å². The van der Waals surface area contributed by atoms with E-state index in [1.807, 2.05) is 0 Å². The van der Waals surface area contributed by atoms with Crippen molar-refractivity contribution in [3.63, 3.8) is 0 Å². The van der Waals surface area contributed by atoms with E-state index in [1.165, 1.54) is 22.3 Å². The minimum absolute atomic E-state index is 0.485. The highest BCUT2D eigenvalue weighted by molar-refractivity contribution is 5.32. The predicted molar refractivity (Wildman–Crippen MR) is 82.5 cm³/mol. The first-order chi connectivity index (χ1) is 9.08. The number of nitrogens with one attached hydrogen (secondary N) is 1. The first-order valence-corrected chi connectivity index (χ1v) is 7.24.